The van der Waals surface area contributed by atoms with Gasteiger partial charge >= 0.3 is 5.97 Å². The standard InChI is InChI=1S/C23H22N2O6S/c1-15-3-9-18(10-4-15)24-20(26)14-31-22(28)17-7-5-16(6-8-17)13-19-21(27)25(11-12-30-2)23(29)32-19/h3-10,13H,11-12,14H2,1-2H3,(H,24,26)/b19-13-. The molecule has 1 aliphatic heterocycles. The first kappa shape index (κ1) is 23.2. The van der Waals surface area contributed by atoms with E-state index >= 15 is 0 Å². The number of esters is 1. The van der Waals surface area contributed by atoms with Crippen molar-refractivity contribution >= 4 is 46.5 Å². The fraction of sp³-hybridized carbons (Fsp3) is 0.217. The molecule has 0 radical (unpaired) electrons. The maximum atomic E-state index is 12.3. The summed E-state index contributed by atoms with van der Waals surface area (Å²) >= 11 is 0.857. The molecule has 0 aliphatic carbocycles. The summed E-state index contributed by atoms with van der Waals surface area (Å²) in [7, 11) is 1.50. The van der Waals surface area contributed by atoms with Crippen LogP contribution in [0.3, 0.4) is 0 Å². The van der Waals surface area contributed by atoms with Crippen LogP contribution in [-0.2, 0) is 19.1 Å². The molecule has 1 N–H and O–H groups in total. The fourth-order valence-corrected chi connectivity index (χ4v) is 3.66. The smallest absolute Gasteiger partial charge is 0.338 e. The topological polar surface area (TPSA) is 102 Å². The van der Waals surface area contributed by atoms with Crippen LogP contribution in [0.15, 0.2) is 53.4 Å². The first-order valence-corrected chi connectivity index (χ1v) is 10.6. The van der Waals surface area contributed by atoms with Crippen LogP contribution < -0.4 is 5.32 Å². The monoisotopic (exact) mass is 454 g/mol. The average Bonchev–Trinajstić information content (AvgIpc) is 3.05. The second-order valence-electron chi connectivity index (χ2n) is 6.94. The molecular formula is C23H22N2O6S. The van der Waals surface area contributed by atoms with E-state index in [0.29, 0.717) is 16.2 Å². The molecule has 166 valence electrons. The van der Waals surface area contributed by atoms with E-state index in [1.165, 1.54) is 19.2 Å². The summed E-state index contributed by atoms with van der Waals surface area (Å²) in [6, 6.07) is 13.6. The summed E-state index contributed by atoms with van der Waals surface area (Å²) in [5.74, 6) is -1.46. The van der Waals surface area contributed by atoms with Gasteiger partial charge in [-0.15, -0.1) is 0 Å². The van der Waals surface area contributed by atoms with Crippen molar-refractivity contribution in [3.63, 3.8) is 0 Å². The van der Waals surface area contributed by atoms with Crippen LogP contribution in [0.1, 0.15) is 21.5 Å². The molecule has 0 aromatic heterocycles. The number of imide groups is 1. The Morgan fingerprint density at radius 3 is 2.41 bits per heavy atom. The van der Waals surface area contributed by atoms with Gasteiger partial charge in [-0.2, -0.15) is 0 Å². The number of anilines is 1. The summed E-state index contributed by atoms with van der Waals surface area (Å²) in [4.78, 5) is 49.9. The number of carbonyl (C=O) groups is 4. The van der Waals surface area contributed by atoms with Crippen LogP contribution in [0, 0.1) is 6.92 Å². The highest BCUT2D eigenvalue weighted by atomic mass is 32.2. The quantitative estimate of drug-likeness (QED) is 0.481. The molecule has 9 heteroatoms. The van der Waals surface area contributed by atoms with E-state index in [2.05, 4.69) is 5.32 Å². The molecule has 0 atom stereocenters. The van der Waals surface area contributed by atoms with Crippen molar-refractivity contribution in [3.8, 4) is 0 Å². The SMILES string of the molecule is COCCN1C(=O)S/C(=C\c2ccc(C(=O)OCC(=O)Nc3ccc(C)cc3)cc2)C1=O. The van der Waals surface area contributed by atoms with E-state index in [0.717, 1.165) is 22.2 Å². The highest BCUT2D eigenvalue weighted by Gasteiger charge is 2.34. The third kappa shape index (κ3) is 6.05. The summed E-state index contributed by atoms with van der Waals surface area (Å²) in [6.07, 6.45) is 1.59. The molecule has 32 heavy (non-hydrogen) atoms. The number of benzene rings is 2. The lowest BCUT2D eigenvalue weighted by atomic mass is 10.1. The molecule has 0 bridgehead atoms. The summed E-state index contributed by atoms with van der Waals surface area (Å²) in [5, 5.41) is 2.31. The zero-order valence-electron chi connectivity index (χ0n) is 17.6. The van der Waals surface area contributed by atoms with Gasteiger partial charge in [-0.25, -0.2) is 4.79 Å². The molecule has 1 fully saturated rings. The lowest BCUT2D eigenvalue weighted by molar-refractivity contribution is -0.123. The number of methoxy groups -OCH3 is 1. The molecule has 2 aromatic rings. The fourth-order valence-electron chi connectivity index (χ4n) is 2.79. The minimum Gasteiger partial charge on any atom is -0.452 e. The van der Waals surface area contributed by atoms with Gasteiger partial charge in [0.25, 0.3) is 17.1 Å². The Labute approximate surface area is 189 Å². The van der Waals surface area contributed by atoms with E-state index in [4.69, 9.17) is 9.47 Å². The van der Waals surface area contributed by atoms with E-state index in [1.807, 2.05) is 19.1 Å². The number of rotatable bonds is 8. The second kappa shape index (κ2) is 10.7. The minimum atomic E-state index is -0.643. The van der Waals surface area contributed by atoms with Crippen LogP contribution in [0.5, 0.6) is 0 Å². The third-order valence-electron chi connectivity index (χ3n) is 4.51. The van der Waals surface area contributed by atoms with Crippen LogP contribution in [0.2, 0.25) is 0 Å². The van der Waals surface area contributed by atoms with Crippen molar-refractivity contribution in [1.82, 2.24) is 4.90 Å². The number of ether oxygens (including phenoxy) is 2. The molecule has 3 amide bonds. The summed E-state index contributed by atoms with van der Waals surface area (Å²) in [6.45, 7) is 1.99. The third-order valence-corrected chi connectivity index (χ3v) is 5.41. The number of thioether (sulfide) groups is 1. The Bertz CT molecular complexity index is 1050. The number of hydrogen-bond donors (Lipinski definition) is 1. The second-order valence-corrected chi connectivity index (χ2v) is 7.93. The first-order valence-electron chi connectivity index (χ1n) is 9.75. The van der Waals surface area contributed by atoms with Crippen LogP contribution in [0.25, 0.3) is 6.08 Å². The molecule has 2 aromatic carbocycles. The average molecular weight is 455 g/mol. The van der Waals surface area contributed by atoms with Crippen LogP contribution in [-0.4, -0.2) is 54.8 Å². The molecule has 0 saturated carbocycles. The van der Waals surface area contributed by atoms with Crippen LogP contribution >= 0.6 is 11.8 Å². The Morgan fingerprint density at radius 1 is 1.06 bits per heavy atom. The number of hydrogen-bond acceptors (Lipinski definition) is 7. The maximum Gasteiger partial charge on any atom is 0.338 e. The van der Waals surface area contributed by atoms with Crippen molar-refractivity contribution in [1.29, 1.82) is 0 Å². The molecule has 0 spiro atoms. The van der Waals surface area contributed by atoms with E-state index < -0.39 is 18.5 Å². The van der Waals surface area contributed by atoms with Crippen molar-refractivity contribution < 1.29 is 28.7 Å². The van der Waals surface area contributed by atoms with E-state index in [9.17, 15) is 19.2 Å². The highest BCUT2D eigenvalue weighted by Crippen LogP contribution is 2.32. The van der Waals surface area contributed by atoms with Gasteiger partial charge in [-0.1, -0.05) is 29.8 Å². The van der Waals surface area contributed by atoms with Gasteiger partial charge in [0.1, 0.15) is 0 Å². The van der Waals surface area contributed by atoms with Gasteiger partial charge in [0.2, 0.25) is 0 Å². The number of carbonyl (C=O) groups excluding carboxylic acids is 4. The van der Waals surface area contributed by atoms with Gasteiger partial charge in [0.05, 0.1) is 23.6 Å². The number of nitrogens with one attached hydrogen (secondary N) is 1. The minimum absolute atomic E-state index is 0.195. The number of amides is 3. The van der Waals surface area contributed by atoms with Gasteiger partial charge in [0, 0.05) is 12.8 Å². The Kier molecular flexibility index (Phi) is 7.80. The van der Waals surface area contributed by atoms with Gasteiger partial charge < -0.3 is 14.8 Å². The largest absolute Gasteiger partial charge is 0.452 e. The molecule has 0 unspecified atom stereocenters. The normalized spacial score (nSPS) is 14.7. The molecule has 8 nitrogen and oxygen atoms in total. The lowest BCUT2D eigenvalue weighted by Gasteiger charge is -2.10. The molecule has 1 saturated heterocycles. The summed E-state index contributed by atoms with van der Waals surface area (Å²) in [5.41, 5.74) is 2.60. The van der Waals surface area contributed by atoms with Crippen molar-refractivity contribution in [2.24, 2.45) is 0 Å². The van der Waals surface area contributed by atoms with Crippen molar-refractivity contribution in [2.45, 2.75) is 6.92 Å². The number of nitrogens with zero attached hydrogens (tertiary/aromatic N) is 1. The van der Waals surface area contributed by atoms with Crippen LogP contribution in [0.4, 0.5) is 10.5 Å². The Balaban J connectivity index is 1.54. The Hall–Kier alpha value is -3.43. The predicted octanol–water partition coefficient (Wildman–Crippen LogP) is 3.47. The first-order chi connectivity index (χ1) is 15.4. The molecule has 1 aliphatic rings. The molecule has 3 rings (SSSR count). The lowest BCUT2D eigenvalue weighted by Crippen LogP contribution is -2.31. The Morgan fingerprint density at radius 2 is 1.75 bits per heavy atom. The zero-order valence-corrected chi connectivity index (χ0v) is 18.4. The van der Waals surface area contributed by atoms with Gasteiger partial charge in [-0.05, 0) is 54.6 Å². The highest BCUT2D eigenvalue weighted by molar-refractivity contribution is 8.18. The van der Waals surface area contributed by atoms with Gasteiger partial charge in [-0.3, -0.25) is 19.3 Å². The molecule has 1 heterocycles. The predicted molar refractivity (Wildman–Crippen MR) is 121 cm³/mol. The zero-order chi connectivity index (χ0) is 23.1. The number of aryl methyl sites for hydroxylation is 1. The van der Waals surface area contributed by atoms with Crippen molar-refractivity contribution in [3.05, 3.63) is 70.1 Å². The van der Waals surface area contributed by atoms with Gasteiger partial charge in [0.15, 0.2) is 6.61 Å². The van der Waals surface area contributed by atoms with Crippen molar-refractivity contribution in [2.75, 3.05) is 32.2 Å². The van der Waals surface area contributed by atoms with E-state index in [1.54, 1.807) is 30.3 Å². The maximum absolute atomic E-state index is 12.3. The van der Waals surface area contributed by atoms with E-state index in [-0.39, 0.29) is 29.9 Å². The molecular weight excluding hydrogens is 432 g/mol. The summed E-state index contributed by atoms with van der Waals surface area (Å²) < 4.78 is 9.97.